The summed E-state index contributed by atoms with van der Waals surface area (Å²) in [5.41, 5.74) is -0.113. The van der Waals surface area contributed by atoms with E-state index in [9.17, 15) is 9.18 Å². The lowest BCUT2D eigenvalue weighted by Gasteiger charge is -2.03. The van der Waals surface area contributed by atoms with E-state index in [1.54, 1.807) is 0 Å². The number of phenols is 1. The highest BCUT2D eigenvalue weighted by Gasteiger charge is 2.15. The SMILES string of the molecule is O=C(CBr)c1ccc(Br)c(O)c1F. The highest BCUT2D eigenvalue weighted by atomic mass is 79.9. The summed E-state index contributed by atoms with van der Waals surface area (Å²) in [5.74, 6) is -1.83. The normalized spacial score (nSPS) is 10.1. The zero-order valence-electron chi connectivity index (χ0n) is 6.35. The van der Waals surface area contributed by atoms with Crippen LogP contribution in [0.15, 0.2) is 16.6 Å². The van der Waals surface area contributed by atoms with Crippen LogP contribution in [0, 0.1) is 5.82 Å². The number of rotatable bonds is 2. The molecule has 0 saturated heterocycles. The number of benzene rings is 1. The minimum absolute atomic E-state index is 0.0327. The fourth-order valence-electron chi connectivity index (χ4n) is 0.828. The number of hydrogen-bond acceptors (Lipinski definition) is 2. The molecule has 0 heterocycles. The maximum atomic E-state index is 13.2. The Kier molecular flexibility index (Phi) is 3.44. The first kappa shape index (κ1) is 10.7. The second-order valence-corrected chi connectivity index (χ2v) is 3.73. The Morgan fingerprint density at radius 1 is 1.54 bits per heavy atom. The summed E-state index contributed by atoms with van der Waals surface area (Å²) < 4.78 is 13.4. The van der Waals surface area contributed by atoms with Gasteiger partial charge in [0.2, 0.25) is 0 Å². The van der Waals surface area contributed by atoms with Gasteiger partial charge >= 0.3 is 0 Å². The van der Waals surface area contributed by atoms with Gasteiger partial charge in [-0.1, -0.05) is 15.9 Å². The molecule has 0 aliphatic heterocycles. The van der Waals surface area contributed by atoms with Crippen LogP contribution in [-0.4, -0.2) is 16.2 Å². The van der Waals surface area contributed by atoms with Crippen LogP contribution in [0.4, 0.5) is 4.39 Å². The van der Waals surface area contributed by atoms with Crippen molar-refractivity contribution in [2.24, 2.45) is 0 Å². The molecule has 0 fully saturated rings. The molecule has 1 N–H and O–H groups in total. The first-order valence-corrected chi connectivity index (χ1v) is 5.25. The van der Waals surface area contributed by atoms with Crippen molar-refractivity contribution in [1.82, 2.24) is 0 Å². The molecular formula is C8H5Br2FO2. The largest absolute Gasteiger partial charge is 0.504 e. The molecule has 0 unspecified atom stereocenters. The Hall–Kier alpha value is -0.420. The van der Waals surface area contributed by atoms with Crippen LogP contribution in [0.1, 0.15) is 10.4 Å². The van der Waals surface area contributed by atoms with Crippen molar-refractivity contribution in [2.75, 3.05) is 5.33 Å². The van der Waals surface area contributed by atoms with E-state index in [0.717, 1.165) is 0 Å². The van der Waals surface area contributed by atoms with Crippen molar-refractivity contribution in [1.29, 1.82) is 0 Å². The molecule has 1 aromatic rings. The van der Waals surface area contributed by atoms with E-state index in [-0.39, 0.29) is 15.4 Å². The summed E-state index contributed by atoms with van der Waals surface area (Å²) >= 11 is 5.86. The van der Waals surface area contributed by atoms with E-state index in [4.69, 9.17) is 5.11 Å². The summed E-state index contributed by atoms with van der Waals surface area (Å²) in [6.45, 7) is 0. The minimum Gasteiger partial charge on any atom is -0.504 e. The molecule has 0 amide bonds. The van der Waals surface area contributed by atoms with Crippen molar-refractivity contribution in [2.45, 2.75) is 0 Å². The number of hydrogen-bond donors (Lipinski definition) is 1. The summed E-state index contributed by atoms with van der Waals surface area (Å²) in [5, 5.41) is 9.17. The third kappa shape index (κ3) is 2.08. The number of phenolic OH excluding ortho intramolecular Hbond substituents is 1. The topological polar surface area (TPSA) is 37.3 Å². The van der Waals surface area contributed by atoms with Gasteiger partial charge < -0.3 is 5.11 Å². The molecule has 0 aliphatic carbocycles. The minimum atomic E-state index is -0.890. The van der Waals surface area contributed by atoms with Crippen molar-refractivity contribution in [3.05, 3.63) is 28.0 Å². The fraction of sp³-hybridized carbons (Fsp3) is 0.125. The first-order chi connectivity index (χ1) is 6.07. The zero-order chi connectivity index (χ0) is 10.0. The lowest BCUT2D eigenvalue weighted by atomic mass is 10.1. The number of Topliss-reactive ketones (excluding diaryl/α,β-unsaturated/α-hetero) is 1. The van der Waals surface area contributed by atoms with E-state index >= 15 is 0 Å². The molecule has 5 heteroatoms. The molecule has 70 valence electrons. The summed E-state index contributed by atoms with van der Waals surface area (Å²) in [4.78, 5) is 11.1. The van der Waals surface area contributed by atoms with Gasteiger partial charge in [0.25, 0.3) is 0 Å². The molecule has 1 rings (SSSR count). The quantitative estimate of drug-likeness (QED) is 0.673. The Balaban J connectivity index is 3.26. The number of aromatic hydroxyl groups is 1. The van der Waals surface area contributed by atoms with Gasteiger partial charge in [-0.05, 0) is 28.1 Å². The third-order valence-electron chi connectivity index (χ3n) is 1.49. The van der Waals surface area contributed by atoms with Gasteiger partial charge in [0.1, 0.15) is 0 Å². The number of halogens is 3. The van der Waals surface area contributed by atoms with Gasteiger partial charge in [0.15, 0.2) is 17.3 Å². The maximum absolute atomic E-state index is 13.2. The average Bonchev–Trinajstić information content (AvgIpc) is 2.13. The predicted octanol–water partition coefficient (Wildman–Crippen LogP) is 2.87. The number of ketones is 1. The molecule has 0 aromatic heterocycles. The van der Waals surface area contributed by atoms with Crippen molar-refractivity contribution < 1.29 is 14.3 Å². The molecule has 13 heavy (non-hydrogen) atoms. The van der Waals surface area contributed by atoms with Gasteiger partial charge in [-0.3, -0.25) is 4.79 Å². The monoisotopic (exact) mass is 310 g/mol. The summed E-state index contributed by atoms with van der Waals surface area (Å²) in [7, 11) is 0. The van der Waals surface area contributed by atoms with E-state index in [1.165, 1.54) is 12.1 Å². The second kappa shape index (κ2) is 4.19. The van der Waals surface area contributed by atoms with Gasteiger partial charge in [-0.15, -0.1) is 0 Å². The van der Waals surface area contributed by atoms with Gasteiger partial charge in [-0.2, -0.15) is 0 Å². The molecule has 0 radical (unpaired) electrons. The predicted molar refractivity (Wildman–Crippen MR) is 53.9 cm³/mol. The lowest BCUT2D eigenvalue weighted by molar-refractivity contribution is 0.101. The Morgan fingerprint density at radius 3 is 2.69 bits per heavy atom. The smallest absolute Gasteiger partial charge is 0.176 e. The van der Waals surface area contributed by atoms with Crippen LogP contribution in [0.5, 0.6) is 5.75 Å². The van der Waals surface area contributed by atoms with Gasteiger partial charge in [-0.25, -0.2) is 4.39 Å². The summed E-state index contributed by atoms with van der Waals surface area (Å²) in [6, 6.07) is 2.75. The van der Waals surface area contributed by atoms with Crippen molar-refractivity contribution in [3.63, 3.8) is 0 Å². The van der Waals surface area contributed by atoms with Gasteiger partial charge in [0, 0.05) is 0 Å². The number of carbonyl (C=O) groups excluding carboxylic acids is 1. The first-order valence-electron chi connectivity index (χ1n) is 3.34. The van der Waals surface area contributed by atoms with Crippen LogP contribution < -0.4 is 0 Å². The van der Waals surface area contributed by atoms with E-state index < -0.39 is 17.3 Å². The molecular weight excluding hydrogens is 307 g/mol. The van der Waals surface area contributed by atoms with Crippen LogP contribution in [0.3, 0.4) is 0 Å². The molecule has 0 atom stereocenters. The Bertz CT molecular complexity index is 352. The molecule has 0 spiro atoms. The summed E-state index contributed by atoms with van der Waals surface area (Å²) in [6.07, 6.45) is 0. The van der Waals surface area contributed by atoms with Crippen molar-refractivity contribution >= 4 is 37.6 Å². The Morgan fingerprint density at radius 2 is 2.15 bits per heavy atom. The maximum Gasteiger partial charge on any atom is 0.176 e. The number of carbonyl (C=O) groups is 1. The van der Waals surface area contributed by atoms with Crippen LogP contribution in [-0.2, 0) is 0 Å². The van der Waals surface area contributed by atoms with Crippen molar-refractivity contribution in [3.8, 4) is 5.75 Å². The number of alkyl halides is 1. The standard InChI is InChI=1S/C8H5Br2FO2/c9-3-6(12)4-1-2-5(10)8(13)7(4)11/h1-2,13H,3H2. The van der Waals surface area contributed by atoms with E-state index in [0.29, 0.717) is 0 Å². The zero-order valence-corrected chi connectivity index (χ0v) is 9.52. The van der Waals surface area contributed by atoms with E-state index in [1.807, 2.05) is 0 Å². The van der Waals surface area contributed by atoms with Gasteiger partial charge in [0.05, 0.1) is 15.4 Å². The highest BCUT2D eigenvalue weighted by Crippen LogP contribution is 2.29. The van der Waals surface area contributed by atoms with Crippen LogP contribution in [0.25, 0.3) is 0 Å². The Labute approximate surface area is 91.0 Å². The molecule has 2 nitrogen and oxygen atoms in total. The molecule has 0 bridgehead atoms. The van der Waals surface area contributed by atoms with Crippen LogP contribution >= 0.6 is 31.9 Å². The highest BCUT2D eigenvalue weighted by molar-refractivity contribution is 9.10. The average molecular weight is 312 g/mol. The molecule has 0 aliphatic rings. The second-order valence-electron chi connectivity index (χ2n) is 2.31. The fourth-order valence-corrected chi connectivity index (χ4v) is 1.44. The molecule has 0 saturated carbocycles. The lowest BCUT2D eigenvalue weighted by Crippen LogP contribution is -2.03. The van der Waals surface area contributed by atoms with E-state index in [2.05, 4.69) is 31.9 Å². The third-order valence-corrected chi connectivity index (χ3v) is 2.64. The van der Waals surface area contributed by atoms with Crippen LogP contribution in [0.2, 0.25) is 0 Å². The molecule has 1 aromatic carbocycles.